The Kier molecular flexibility index (Phi) is 6.16. The number of carbonyl (C=O) groups excluding carboxylic acids is 2. The minimum Gasteiger partial charge on any atom is -0.366 e. The number of anilines is 1. The van der Waals surface area contributed by atoms with Gasteiger partial charge in [-0.15, -0.1) is 0 Å². The Morgan fingerprint density at radius 3 is 2.39 bits per heavy atom. The highest BCUT2D eigenvalue weighted by Crippen LogP contribution is 2.36. The van der Waals surface area contributed by atoms with Gasteiger partial charge in [0.2, 0.25) is 5.91 Å². The highest BCUT2D eigenvalue weighted by Gasteiger charge is 2.39. The Balaban J connectivity index is 1.75. The summed E-state index contributed by atoms with van der Waals surface area (Å²) in [4.78, 5) is 28.7. The number of hydrogen-bond acceptors (Lipinski definition) is 4. The highest BCUT2D eigenvalue weighted by atomic mass is 19.4. The van der Waals surface area contributed by atoms with E-state index in [1.807, 2.05) is 0 Å². The molecule has 13 heteroatoms. The molecular formula is C23H15F6N5O2. The molecule has 0 fully saturated rings. The minimum absolute atomic E-state index is 0.113. The second-order valence-corrected chi connectivity index (χ2v) is 7.75. The monoisotopic (exact) mass is 507 g/mol. The zero-order valence-corrected chi connectivity index (χ0v) is 18.3. The maximum absolute atomic E-state index is 13.7. The van der Waals surface area contributed by atoms with Crippen LogP contribution in [0, 0.1) is 24.4 Å². The van der Waals surface area contributed by atoms with Crippen molar-refractivity contribution in [2.75, 3.05) is 5.32 Å². The number of benzene rings is 2. The first-order valence-electron chi connectivity index (χ1n) is 10.1. The van der Waals surface area contributed by atoms with Gasteiger partial charge >= 0.3 is 6.18 Å². The minimum atomic E-state index is -5.00. The highest BCUT2D eigenvalue weighted by molar-refractivity contribution is 6.10. The van der Waals surface area contributed by atoms with E-state index in [1.54, 1.807) is 0 Å². The number of halogens is 6. The number of amides is 2. The van der Waals surface area contributed by atoms with Gasteiger partial charge in [0, 0.05) is 11.5 Å². The van der Waals surface area contributed by atoms with Gasteiger partial charge in [-0.1, -0.05) is 6.07 Å². The summed E-state index contributed by atoms with van der Waals surface area (Å²) in [6.07, 6.45) is -5.00. The van der Waals surface area contributed by atoms with Crippen LogP contribution in [0.25, 0.3) is 10.9 Å². The number of aromatic nitrogens is 3. The summed E-state index contributed by atoms with van der Waals surface area (Å²) in [5.74, 6) is -5.15. The van der Waals surface area contributed by atoms with Crippen LogP contribution in [0.5, 0.6) is 0 Å². The van der Waals surface area contributed by atoms with Crippen molar-refractivity contribution in [3.63, 3.8) is 0 Å². The van der Waals surface area contributed by atoms with E-state index in [-0.39, 0.29) is 34.3 Å². The standard InChI is InChI=1S/C23H15F6N5O2/c1-10-19(20(23(27,28)29)33-34(10)9-11-2-5-15(25)16(26)6-11)32-22(36)18-8-14(21(30)35)13-4-3-12(24)7-17(13)31-18/h2-8H,9H2,1H3,(H2,30,35)(H,32,36). The molecule has 0 unspecified atom stereocenters. The third-order valence-electron chi connectivity index (χ3n) is 5.30. The van der Waals surface area contributed by atoms with Gasteiger partial charge < -0.3 is 11.1 Å². The lowest BCUT2D eigenvalue weighted by Gasteiger charge is -2.11. The van der Waals surface area contributed by atoms with Gasteiger partial charge in [-0.25, -0.2) is 18.2 Å². The lowest BCUT2D eigenvalue weighted by Crippen LogP contribution is -2.19. The van der Waals surface area contributed by atoms with Crippen molar-refractivity contribution in [2.45, 2.75) is 19.6 Å². The largest absolute Gasteiger partial charge is 0.437 e. The third-order valence-corrected chi connectivity index (χ3v) is 5.30. The van der Waals surface area contributed by atoms with E-state index in [0.717, 1.165) is 35.0 Å². The van der Waals surface area contributed by atoms with E-state index >= 15 is 0 Å². The van der Waals surface area contributed by atoms with Crippen LogP contribution in [0.4, 0.5) is 32.0 Å². The van der Waals surface area contributed by atoms with Crippen molar-refractivity contribution in [1.82, 2.24) is 14.8 Å². The van der Waals surface area contributed by atoms with Gasteiger partial charge in [0.05, 0.1) is 29.0 Å². The van der Waals surface area contributed by atoms with Gasteiger partial charge in [0.25, 0.3) is 5.91 Å². The number of alkyl halides is 3. The number of nitrogens with two attached hydrogens (primary N) is 1. The number of pyridine rings is 1. The summed E-state index contributed by atoms with van der Waals surface area (Å²) in [7, 11) is 0. The molecule has 2 amide bonds. The smallest absolute Gasteiger partial charge is 0.366 e. The van der Waals surface area contributed by atoms with E-state index in [9.17, 15) is 35.9 Å². The van der Waals surface area contributed by atoms with Gasteiger partial charge in [-0.3, -0.25) is 14.3 Å². The molecule has 4 aromatic rings. The molecule has 7 nitrogen and oxygen atoms in total. The van der Waals surface area contributed by atoms with Crippen molar-refractivity contribution < 1.29 is 35.9 Å². The second-order valence-electron chi connectivity index (χ2n) is 7.75. The number of hydrogen-bond donors (Lipinski definition) is 2. The van der Waals surface area contributed by atoms with Gasteiger partial charge in [0.1, 0.15) is 11.5 Å². The Labute approximate surface area is 198 Å². The fraction of sp³-hybridized carbons (Fsp3) is 0.130. The van der Waals surface area contributed by atoms with Gasteiger partial charge in [-0.05, 0) is 42.8 Å². The fourth-order valence-electron chi connectivity index (χ4n) is 3.56. The molecule has 2 aromatic heterocycles. The SMILES string of the molecule is Cc1c(NC(=O)c2cc(C(N)=O)c3ccc(F)cc3n2)c(C(F)(F)F)nn1Cc1ccc(F)c(F)c1. The Morgan fingerprint density at radius 1 is 1.03 bits per heavy atom. The summed E-state index contributed by atoms with van der Waals surface area (Å²) in [5.41, 5.74) is 2.35. The number of fused-ring (bicyclic) bond motifs is 1. The molecule has 0 spiro atoms. The Hall–Kier alpha value is -4.42. The van der Waals surface area contributed by atoms with Crippen molar-refractivity contribution in [2.24, 2.45) is 5.73 Å². The number of nitrogens with one attached hydrogen (secondary N) is 1. The first-order chi connectivity index (χ1) is 16.8. The molecule has 0 aliphatic heterocycles. The number of carbonyl (C=O) groups is 2. The summed E-state index contributed by atoms with van der Waals surface area (Å²) in [6.45, 7) is 0.872. The van der Waals surface area contributed by atoms with E-state index in [4.69, 9.17) is 5.73 Å². The topological polar surface area (TPSA) is 103 Å². The van der Waals surface area contributed by atoms with Gasteiger partial charge in [-0.2, -0.15) is 18.3 Å². The van der Waals surface area contributed by atoms with Crippen LogP contribution >= 0.6 is 0 Å². The normalized spacial score (nSPS) is 11.6. The summed E-state index contributed by atoms with van der Waals surface area (Å²) < 4.78 is 82.4. The maximum atomic E-state index is 13.7. The summed E-state index contributed by atoms with van der Waals surface area (Å²) in [5, 5.41) is 5.73. The second kappa shape index (κ2) is 8.98. The fourth-order valence-corrected chi connectivity index (χ4v) is 3.56. The van der Waals surface area contributed by atoms with Crippen LogP contribution < -0.4 is 11.1 Å². The van der Waals surface area contributed by atoms with Crippen LogP contribution in [0.1, 0.15) is 37.8 Å². The predicted molar refractivity (Wildman–Crippen MR) is 116 cm³/mol. The molecule has 0 bridgehead atoms. The molecule has 2 aromatic carbocycles. The molecule has 2 heterocycles. The van der Waals surface area contributed by atoms with Crippen molar-refractivity contribution in [1.29, 1.82) is 0 Å². The van der Waals surface area contributed by atoms with E-state index < -0.39 is 52.5 Å². The molecule has 0 saturated carbocycles. The molecule has 0 aliphatic carbocycles. The molecule has 186 valence electrons. The quantitative estimate of drug-likeness (QED) is 0.386. The first-order valence-corrected chi connectivity index (χ1v) is 10.1. The van der Waals surface area contributed by atoms with Gasteiger partial charge in [0.15, 0.2) is 17.3 Å². The van der Waals surface area contributed by atoms with Crippen LogP contribution in [0.2, 0.25) is 0 Å². The molecular weight excluding hydrogens is 492 g/mol. The van der Waals surface area contributed by atoms with E-state index in [1.165, 1.54) is 19.1 Å². The lowest BCUT2D eigenvalue weighted by molar-refractivity contribution is -0.140. The van der Waals surface area contributed by atoms with Crippen molar-refractivity contribution in [3.8, 4) is 0 Å². The third kappa shape index (κ3) is 4.72. The zero-order valence-electron chi connectivity index (χ0n) is 18.3. The van der Waals surface area contributed by atoms with Crippen molar-refractivity contribution in [3.05, 3.63) is 88.1 Å². The van der Waals surface area contributed by atoms with Crippen molar-refractivity contribution >= 4 is 28.4 Å². The van der Waals surface area contributed by atoms with E-state index in [0.29, 0.717) is 0 Å². The molecule has 3 N–H and O–H groups in total. The zero-order chi connectivity index (χ0) is 26.4. The lowest BCUT2D eigenvalue weighted by atomic mass is 10.1. The Bertz CT molecular complexity index is 1530. The number of nitrogens with zero attached hydrogens (tertiary/aromatic N) is 3. The molecule has 4 rings (SSSR count). The summed E-state index contributed by atoms with van der Waals surface area (Å²) >= 11 is 0. The average Bonchev–Trinajstić information content (AvgIpc) is 3.10. The van der Waals surface area contributed by atoms with Crippen LogP contribution in [0.15, 0.2) is 42.5 Å². The van der Waals surface area contributed by atoms with Crippen LogP contribution in [0.3, 0.4) is 0 Å². The number of primary amides is 1. The molecule has 0 aliphatic rings. The molecule has 0 saturated heterocycles. The first kappa shape index (κ1) is 24.7. The molecule has 0 atom stereocenters. The van der Waals surface area contributed by atoms with Crippen LogP contribution in [-0.2, 0) is 12.7 Å². The maximum Gasteiger partial charge on any atom is 0.437 e. The average molecular weight is 507 g/mol. The molecule has 0 radical (unpaired) electrons. The molecule has 36 heavy (non-hydrogen) atoms. The predicted octanol–water partition coefficient (Wildman–Crippen LogP) is 4.58. The number of rotatable bonds is 5. The van der Waals surface area contributed by atoms with Crippen LogP contribution in [-0.4, -0.2) is 26.6 Å². The van der Waals surface area contributed by atoms with E-state index in [2.05, 4.69) is 15.4 Å². The summed E-state index contributed by atoms with van der Waals surface area (Å²) in [6, 6.07) is 7.00. The Morgan fingerprint density at radius 2 is 1.75 bits per heavy atom.